The van der Waals surface area contributed by atoms with Gasteiger partial charge in [-0.05, 0) is 30.3 Å². The number of aromatic nitrogens is 1. The van der Waals surface area contributed by atoms with Crippen LogP contribution in [0.15, 0.2) is 78.9 Å². The van der Waals surface area contributed by atoms with Crippen LogP contribution in [0.5, 0.6) is 11.5 Å². The van der Waals surface area contributed by atoms with Gasteiger partial charge in [-0.2, -0.15) is 0 Å². The Labute approximate surface area is 184 Å². The first kappa shape index (κ1) is 19.3. The van der Waals surface area contributed by atoms with Gasteiger partial charge in [0.2, 0.25) is 5.78 Å². The van der Waals surface area contributed by atoms with Gasteiger partial charge in [0, 0.05) is 23.2 Å². The monoisotopic (exact) mass is 428 g/mol. The maximum Gasteiger partial charge on any atom is 0.205 e. The normalized spacial score (nSPS) is 12.8. The van der Waals surface area contributed by atoms with Gasteiger partial charge in [0.1, 0.15) is 4.88 Å². The van der Waals surface area contributed by atoms with Crippen molar-refractivity contribution in [3.8, 4) is 22.8 Å². The summed E-state index contributed by atoms with van der Waals surface area (Å²) in [6, 6.07) is 24.9. The van der Waals surface area contributed by atoms with E-state index in [1.165, 1.54) is 11.3 Å². The summed E-state index contributed by atoms with van der Waals surface area (Å²) in [6.07, 6.45) is 0.819. The van der Waals surface area contributed by atoms with Gasteiger partial charge in [0.05, 0.1) is 18.9 Å². The number of anilines is 2. The molecule has 0 amide bonds. The van der Waals surface area contributed by atoms with E-state index in [4.69, 9.17) is 14.5 Å². The highest BCUT2D eigenvalue weighted by atomic mass is 32.1. The molecule has 0 saturated heterocycles. The Morgan fingerprint density at radius 3 is 2.35 bits per heavy atom. The third kappa shape index (κ3) is 4.15. The van der Waals surface area contributed by atoms with Gasteiger partial charge in [-0.1, -0.05) is 59.9 Å². The van der Waals surface area contributed by atoms with Crippen LogP contribution < -0.4 is 14.8 Å². The maximum atomic E-state index is 13.5. The lowest BCUT2D eigenvalue weighted by atomic mass is 10.0. The van der Waals surface area contributed by atoms with Crippen molar-refractivity contribution in [2.75, 3.05) is 18.5 Å². The molecule has 1 N–H and O–H groups in total. The number of hydrogen-bond acceptors (Lipinski definition) is 6. The van der Waals surface area contributed by atoms with E-state index in [1.807, 2.05) is 60.7 Å². The van der Waals surface area contributed by atoms with Gasteiger partial charge in [0.15, 0.2) is 16.6 Å². The standard InChI is InChI=1S/C25H20N2O3S/c28-23(18-12-13-20-21(16-18)30-15-7-14-29-20)24-22(17-8-3-1-4-9-17)27-25(31-24)26-19-10-5-2-6-11-19/h1-6,8-13,16H,7,14-15H2,(H,26,27). The predicted octanol–water partition coefficient (Wildman–Crippen LogP) is 5.95. The average Bonchev–Trinajstić information content (AvgIpc) is 3.09. The molecule has 2 heterocycles. The van der Waals surface area contributed by atoms with E-state index in [9.17, 15) is 4.79 Å². The molecule has 31 heavy (non-hydrogen) atoms. The first-order valence-electron chi connectivity index (χ1n) is 10.1. The molecule has 1 aliphatic heterocycles. The molecular formula is C25H20N2O3S. The zero-order valence-corrected chi connectivity index (χ0v) is 17.5. The molecule has 0 atom stereocenters. The van der Waals surface area contributed by atoms with Crippen molar-refractivity contribution >= 4 is 27.9 Å². The number of fused-ring (bicyclic) bond motifs is 1. The maximum absolute atomic E-state index is 13.5. The molecule has 1 aliphatic rings. The van der Waals surface area contributed by atoms with Crippen molar-refractivity contribution < 1.29 is 14.3 Å². The van der Waals surface area contributed by atoms with Crippen molar-refractivity contribution in [2.24, 2.45) is 0 Å². The fourth-order valence-electron chi connectivity index (χ4n) is 3.40. The quantitative estimate of drug-likeness (QED) is 0.398. The molecule has 0 aliphatic carbocycles. The molecule has 5 nitrogen and oxygen atoms in total. The number of carbonyl (C=O) groups excluding carboxylic acids is 1. The minimum Gasteiger partial charge on any atom is -0.490 e. The molecule has 4 aromatic rings. The molecule has 3 aromatic carbocycles. The highest BCUT2D eigenvalue weighted by molar-refractivity contribution is 7.18. The molecular weight excluding hydrogens is 408 g/mol. The number of ketones is 1. The second-order valence-electron chi connectivity index (χ2n) is 7.09. The highest BCUT2D eigenvalue weighted by Gasteiger charge is 2.23. The molecule has 6 heteroatoms. The lowest BCUT2D eigenvalue weighted by Gasteiger charge is -2.09. The SMILES string of the molecule is O=C(c1ccc2c(c1)OCCCO2)c1sc(Nc2ccccc2)nc1-c1ccccc1. The number of thiazole rings is 1. The summed E-state index contributed by atoms with van der Waals surface area (Å²) in [5.41, 5.74) is 3.04. The van der Waals surface area contributed by atoms with Crippen LogP contribution in [-0.2, 0) is 0 Å². The number of para-hydroxylation sites is 1. The molecule has 0 radical (unpaired) electrons. The molecule has 5 rings (SSSR count). The van der Waals surface area contributed by atoms with Crippen LogP contribution in [0.25, 0.3) is 11.3 Å². The number of rotatable bonds is 5. The molecule has 0 unspecified atom stereocenters. The van der Waals surface area contributed by atoms with Crippen molar-refractivity contribution in [3.63, 3.8) is 0 Å². The number of ether oxygens (including phenoxy) is 2. The minimum atomic E-state index is -0.0897. The summed E-state index contributed by atoms with van der Waals surface area (Å²) >= 11 is 1.35. The van der Waals surface area contributed by atoms with Crippen LogP contribution in [0, 0.1) is 0 Å². The van der Waals surface area contributed by atoms with Gasteiger partial charge >= 0.3 is 0 Å². The summed E-state index contributed by atoms with van der Waals surface area (Å²) in [5.74, 6) is 1.19. The third-order valence-electron chi connectivity index (χ3n) is 4.92. The summed E-state index contributed by atoms with van der Waals surface area (Å²) in [4.78, 5) is 18.9. The number of hydrogen-bond donors (Lipinski definition) is 1. The topological polar surface area (TPSA) is 60.5 Å². The Balaban J connectivity index is 1.54. The van der Waals surface area contributed by atoms with Crippen LogP contribution in [0.1, 0.15) is 21.7 Å². The van der Waals surface area contributed by atoms with Gasteiger partial charge < -0.3 is 14.8 Å². The van der Waals surface area contributed by atoms with Crippen LogP contribution >= 0.6 is 11.3 Å². The van der Waals surface area contributed by atoms with Crippen LogP contribution in [0.4, 0.5) is 10.8 Å². The predicted molar refractivity (Wildman–Crippen MR) is 123 cm³/mol. The van der Waals surface area contributed by atoms with Crippen LogP contribution in [-0.4, -0.2) is 24.0 Å². The fraction of sp³-hybridized carbons (Fsp3) is 0.120. The van der Waals surface area contributed by atoms with Crippen LogP contribution in [0.2, 0.25) is 0 Å². The second-order valence-corrected chi connectivity index (χ2v) is 8.09. The highest BCUT2D eigenvalue weighted by Crippen LogP contribution is 2.36. The number of nitrogens with one attached hydrogen (secondary N) is 1. The van der Waals surface area contributed by atoms with E-state index in [-0.39, 0.29) is 5.78 Å². The number of nitrogens with zero attached hydrogens (tertiary/aromatic N) is 1. The number of carbonyl (C=O) groups is 1. The van der Waals surface area contributed by atoms with Gasteiger partial charge in [-0.3, -0.25) is 4.79 Å². The van der Waals surface area contributed by atoms with E-state index < -0.39 is 0 Å². The Bertz CT molecular complexity index is 1210. The lowest BCUT2D eigenvalue weighted by Crippen LogP contribution is -2.02. The zero-order chi connectivity index (χ0) is 21.0. The summed E-state index contributed by atoms with van der Waals surface area (Å²) < 4.78 is 11.5. The Morgan fingerprint density at radius 2 is 1.58 bits per heavy atom. The van der Waals surface area contributed by atoms with E-state index in [0.29, 0.717) is 46.0 Å². The molecule has 0 bridgehead atoms. The first-order chi connectivity index (χ1) is 15.3. The van der Waals surface area contributed by atoms with Crippen molar-refractivity contribution in [3.05, 3.63) is 89.3 Å². The Kier molecular flexibility index (Phi) is 5.37. The number of benzene rings is 3. The van der Waals surface area contributed by atoms with Crippen LogP contribution in [0.3, 0.4) is 0 Å². The smallest absolute Gasteiger partial charge is 0.205 e. The summed E-state index contributed by atoms with van der Waals surface area (Å²) in [7, 11) is 0. The van der Waals surface area contributed by atoms with Crippen molar-refractivity contribution in [1.82, 2.24) is 4.98 Å². The summed E-state index contributed by atoms with van der Waals surface area (Å²) in [6.45, 7) is 1.19. The molecule has 0 saturated carbocycles. The third-order valence-corrected chi connectivity index (χ3v) is 5.88. The molecule has 154 valence electrons. The van der Waals surface area contributed by atoms with Gasteiger partial charge in [-0.15, -0.1) is 0 Å². The van der Waals surface area contributed by atoms with E-state index >= 15 is 0 Å². The van der Waals surface area contributed by atoms with Gasteiger partial charge in [-0.25, -0.2) is 4.98 Å². The summed E-state index contributed by atoms with van der Waals surface area (Å²) in [5, 5.41) is 3.98. The average molecular weight is 429 g/mol. The fourth-order valence-corrected chi connectivity index (χ4v) is 4.37. The zero-order valence-electron chi connectivity index (χ0n) is 16.7. The van der Waals surface area contributed by atoms with Crippen molar-refractivity contribution in [2.45, 2.75) is 6.42 Å². The van der Waals surface area contributed by atoms with Gasteiger partial charge in [0.25, 0.3) is 0 Å². The first-order valence-corrected chi connectivity index (χ1v) is 10.9. The van der Waals surface area contributed by atoms with E-state index in [0.717, 1.165) is 17.7 Å². The minimum absolute atomic E-state index is 0.0897. The molecule has 0 fully saturated rings. The Hall–Kier alpha value is -3.64. The molecule has 1 aromatic heterocycles. The lowest BCUT2D eigenvalue weighted by molar-refractivity contribution is 0.104. The van der Waals surface area contributed by atoms with Crippen molar-refractivity contribution in [1.29, 1.82) is 0 Å². The second kappa shape index (κ2) is 8.62. The largest absolute Gasteiger partial charge is 0.490 e. The molecule has 0 spiro atoms. The van der Waals surface area contributed by atoms with E-state index in [2.05, 4.69) is 5.32 Å². The Morgan fingerprint density at radius 1 is 0.871 bits per heavy atom. The van der Waals surface area contributed by atoms with E-state index in [1.54, 1.807) is 18.2 Å².